The summed E-state index contributed by atoms with van der Waals surface area (Å²) in [6.45, 7) is 2.95. The number of halogens is 3. The third kappa shape index (κ3) is 4.07. The first-order valence-corrected chi connectivity index (χ1v) is 10.1. The van der Waals surface area contributed by atoms with Gasteiger partial charge in [-0.05, 0) is 30.7 Å². The third-order valence-electron chi connectivity index (χ3n) is 4.64. The van der Waals surface area contributed by atoms with Gasteiger partial charge in [0.15, 0.2) is 0 Å². The van der Waals surface area contributed by atoms with Crippen molar-refractivity contribution in [1.29, 1.82) is 0 Å². The molecule has 0 amide bonds. The average molecular weight is 416 g/mol. The van der Waals surface area contributed by atoms with E-state index in [-0.39, 0.29) is 23.7 Å². The number of pyridine rings is 1. The zero-order valence-corrected chi connectivity index (χ0v) is 16.3. The molecule has 0 atom stereocenters. The monoisotopic (exact) mass is 416 g/mol. The Bertz CT molecular complexity index is 939. The van der Waals surface area contributed by atoms with Crippen LogP contribution in [-0.2, 0) is 16.2 Å². The molecule has 0 bridgehead atoms. The first-order valence-electron chi connectivity index (χ1n) is 8.61. The first-order chi connectivity index (χ1) is 13.1. The molecule has 6 nitrogen and oxygen atoms in total. The normalized spacial score (nSPS) is 16.2. The maximum atomic E-state index is 13.0. The van der Waals surface area contributed by atoms with E-state index in [2.05, 4.69) is 4.98 Å². The molecular weight excluding hydrogens is 395 g/mol. The Morgan fingerprint density at radius 1 is 1.07 bits per heavy atom. The highest BCUT2D eigenvalue weighted by molar-refractivity contribution is 7.89. The smallest absolute Gasteiger partial charge is 0.419 e. The summed E-state index contributed by atoms with van der Waals surface area (Å²) in [5.41, 5.74) is 0.0429. The number of nitrogens with zero attached hydrogens (tertiary/aromatic N) is 2. The number of aromatic nitrogens is 1. The van der Waals surface area contributed by atoms with Crippen molar-refractivity contribution >= 4 is 15.8 Å². The number of alkyl halides is 3. The van der Waals surface area contributed by atoms with Gasteiger partial charge in [0.1, 0.15) is 16.8 Å². The van der Waals surface area contributed by atoms with Crippen molar-refractivity contribution in [3.05, 3.63) is 47.7 Å². The number of aryl methyl sites for hydroxylation is 1. The molecule has 1 N–H and O–H groups in total. The lowest BCUT2D eigenvalue weighted by Crippen LogP contribution is -2.50. The molecule has 10 heteroatoms. The number of benzene rings is 1. The average Bonchev–Trinajstić information content (AvgIpc) is 2.67. The molecule has 1 saturated heterocycles. The highest BCUT2D eigenvalue weighted by Crippen LogP contribution is 2.30. The van der Waals surface area contributed by atoms with E-state index in [0.717, 1.165) is 17.8 Å². The molecule has 0 aliphatic carbocycles. The van der Waals surface area contributed by atoms with Crippen molar-refractivity contribution in [3.8, 4) is 5.75 Å². The topological polar surface area (TPSA) is 64.0 Å². The van der Waals surface area contributed by atoms with Crippen molar-refractivity contribution in [2.24, 2.45) is 0 Å². The van der Waals surface area contributed by atoms with E-state index in [9.17, 15) is 21.6 Å². The van der Waals surface area contributed by atoms with Crippen LogP contribution in [0.1, 0.15) is 11.1 Å². The van der Waals surface area contributed by atoms with Crippen molar-refractivity contribution in [1.82, 2.24) is 4.31 Å². The molecule has 3 rings (SSSR count). The Hall–Kier alpha value is -2.33. The molecule has 1 aromatic carbocycles. The summed E-state index contributed by atoms with van der Waals surface area (Å²) in [5.74, 6) is 0.794. The summed E-state index contributed by atoms with van der Waals surface area (Å²) in [5, 5.41) is 0. The molecule has 28 heavy (non-hydrogen) atoms. The molecule has 1 aliphatic rings. The van der Waals surface area contributed by atoms with E-state index in [1.807, 2.05) is 4.90 Å². The lowest BCUT2D eigenvalue weighted by Gasteiger charge is -2.30. The standard InChI is InChI=1S/C18H20F3N3O3S/c1-13-3-5-15(27-2)16(11-13)28(25,26)24-9-7-23(8-10-24)17-6-4-14(12-22-17)18(19,20)21/h3-6,11-12H,7-10H2,1-2H3/p+1. The van der Waals surface area contributed by atoms with E-state index in [1.165, 1.54) is 17.5 Å². The minimum absolute atomic E-state index is 0.115. The lowest BCUT2D eigenvalue weighted by atomic mass is 10.2. The Balaban J connectivity index is 1.74. The largest absolute Gasteiger partial charge is 0.495 e. The lowest BCUT2D eigenvalue weighted by molar-refractivity contribution is -0.367. The van der Waals surface area contributed by atoms with Crippen LogP contribution in [0, 0.1) is 6.92 Å². The molecule has 0 unspecified atom stereocenters. The summed E-state index contributed by atoms with van der Waals surface area (Å²) in [7, 11) is -2.32. The number of piperazine rings is 1. The van der Waals surface area contributed by atoms with Crippen molar-refractivity contribution < 1.29 is 31.3 Å². The fourth-order valence-electron chi connectivity index (χ4n) is 3.08. The van der Waals surface area contributed by atoms with Crippen LogP contribution in [0.5, 0.6) is 5.75 Å². The van der Waals surface area contributed by atoms with Gasteiger partial charge in [-0.25, -0.2) is 13.4 Å². The van der Waals surface area contributed by atoms with Gasteiger partial charge in [0.05, 0.1) is 38.9 Å². The Labute approximate surface area is 161 Å². The van der Waals surface area contributed by atoms with Crippen LogP contribution in [0.15, 0.2) is 41.4 Å². The fraction of sp³-hybridized carbons (Fsp3) is 0.389. The van der Waals surface area contributed by atoms with E-state index >= 15 is 0 Å². The Kier molecular flexibility index (Phi) is 5.53. The van der Waals surface area contributed by atoms with Gasteiger partial charge in [0.25, 0.3) is 5.82 Å². The summed E-state index contributed by atoms with van der Waals surface area (Å²) >= 11 is 0. The van der Waals surface area contributed by atoms with E-state index < -0.39 is 21.8 Å². The number of nitrogens with one attached hydrogen (secondary N) is 1. The van der Waals surface area contributed by atoms with Gasteiger partial charge >= 0.3 is 6.18 Å². The number of sulfonamides is 1. The molecule has 0 radical (unpaired) electrons. The second kappa shape index (κ2) is 7.59. The molecule has 1 aliphatic heterocycles. The number of H-pyrrole nitrogens is 1. The summed E-state index contributed by atoms with van der Waals surface area (Å²) in [6, 6.07) is 7.33. The van der Waals surface area contributed by atoms with Crippen molar-refractivity contribution in [3.63, 3.8) is 0 Å². The quantitative estimate of drug-likeness (QED) is 0.768. The number of ether oxygens (including phenoxy) is 1. The van der Waals surface area contributed by atoms with Crippen LogP contribution < -0.4 is 14.6 Å². The Morgan fingerprint density at radius 3 is 2.29 bits per heavy atom. The second-order valence-corrected chi connectivity index (χ2v) is 8.41. The van der Waals surface area contributed by atoms with Crippen molar-refractivity contribution in [2.45, 2.75) is 18.0 Å². The molecule has 1 fully saturated rings. The summed E-state index contributed by atoms with van der Waals surface area (Å²) in [4.78, 5) is 4.58. The number of hydrogen-bond donors (Lipinski definition) is 0. The zero-order valence-electron chi connectivity index (χ0n) is 15.5. The number of aromatic amines is 1. The molecule has 1 aromatic heterocycles. The predicted molar refractivity (Wildman–Crippen MR) is 96.7 cm³/mol. The highest BCUT2D eigenvalue weighted by Gasteiger charge is 2.35. The van der Waals surface area contributed by atoms with E-state index in [4.69, 9.17) is 4.74 Å². The number of anilines is 1. The summed E-state index contributed by atoms with van der Waals surface area (Å²) < 4.78 is 70.6. The van der Waals surface area contributed by atoms with Crippen LogP contribution in [-0.4, -0.2) is 46.0 Å². The van der Waals surface area contributed by atoms with Crippen LogP contribution in [0.25, 0.3) is 0 Å². The SMILES string of the molecule is COc1ccc(C)cc1S(=O)(=O)N1CCN(c2ccc(C(F)(F)F)c[nH+]2)CC1. The predicted octanol–water partition coefficient (Wildman–Crippen LogP) is 2.35. The van der Waals surface area contributed by atoms with E-state index in [1.54, 1.807) is 25.1 Å². The first kappa shape index (κ1) is 20.4. The van der Waals surface area contributed by atoms with Crippen molar-refractivity contribution in [2.75, 3.05) is 38.2 Å². The minimum atomic E-state index is -4.41. The fourth-order valence-corrected chi connectivity index (χ4v) is 4.75. The van der Waals surface area contributed by atoms with Gasteiger partial charge in [0, 0.05) is 6.07 Å². The minimum Gasteiger partial charge on any atom is -0.495 e. The van der Waals surface area contributed by atoms with Crippen LogP contribution in [0.3, 0.4) is 0 Å². The molecule has 0 saturated carbocycles. The third-order valence-corrected chi connectivity index (χ3v) is 6.56. The highest BCUT2D eigenvalue weighted by atomic mass is 32.2. The van der Waals surface area contributed by atoms with Gasteiger partial charge < -0.3 is 4.74 Å². The van der Waals surface area contributed by atoms with E-state index in [0.29, 0.717) is 18.9 Å². The molecule has 152 valence electrons. The number of methoxy groups -OCH3 is 1. The molecule has 2 aromatic rings. The van der Waals surface area contributed by atoms with Crippen LogP contribution >= 0.6 is 0 Å². The maximum absolute atomic E-state index is 13.0. The second-order valence-electron chi connectivity index (χ2n) is 6.51. The van der Waals surface area contributed by atoms with Crippen LogP contribution in [0.2, 0.25) is 0 Å². The van der Waals surface area contributed by atoms with Gasteiger partial charge in [-0.2, -0.15) is 17.5 Å². The van der Waals surface area contributed by atoms with Gasteiger partial charge in [-0.1, -0.05) is 6.07 Å². The summed E-state index contributed by atoms with van der Waals surface area (Å²) in [6.07, 6.45) is -3.50. The maximum Gasteiger partial charge on any atom is 0.419 e. The van der Waals surface area contributed by atoms with Gasteiger partial charge in [0.2, 0.25) is 10.0 Å². The zero-order chi connectivity index (χ0) is 20.5. The number of hydrogen-bond acceptors (Lipinski definition) is 4. The number of rotatable bonds is 4. The Morgan fingerprint density at radius 2 is 1.75 bits per heavy atom. The molecular formula is C18H21F3N3O3S+. The van der Waals surface area contributed by atoms with Gasteiger partial charge in [-0.3, -0.25) is 4.90 Å². The van der Waals surface area contributed by atoms with Gasteiger partial charge in [-0.15, -0.1) is 0 Å². The van der Waals surface area contributed by atoms with Crippen LogP contribution in [0.4, 0.5) is 19.0 Å². The molecule has 0 spiro atoms. The molecule has 2 heterocycles.